The number of nitrogens with one attached hydrogen (secondary N) is 1. The minimum atomic E-state index is -3.34. The van der Waals surface area contributed by atoms with Crippen molar-refractivity contribution in [3.05, 3.63) is 30.3 Å². The van der Waals surface area contributed by atoms with Gasteiger partial charge >= 0.3 is 0 Å². The summed E-state index contributed by atoms with van der Waals surface area (Å²) in [6.07, 6.45) is 4.40. The molecule has 1 aromatic carbocycles. The molecule has 0 unspecified atom stereocenters. The first-order valence-corrected chi connectivity index (χ1v) is 7.65. The van der Waals surface area contributed by atoms with Gasteiger partial charge in [-0.05, 0) is 30.9 Å². The molecular formula is C13H19NO2S. The molecule has 1 aliphatic rings. The highest BCUT2D eigenvalue weighted by molar-refractivity contribution is 7.89. The van der Waals surface area contributed by atoms with Crippen LogP contribution in [0.25, 0.3) is 0 Å². The Kier molecular flexibility index (Phi) is 3.84. The molecule has 0 saturated heterocycles. The third kappa shape index (κ3) is 3.07. The van der Waals surface area contributed by atoms with Crippen molar-refractivity contribution in [2.45, 2.75) is 43.5 Å². The third-order valence-corrected chi connectivity index (χ3v) is 4.98. The van der Waals surface area contributed by atoms with E-state index in [0.29, 0.717) is 10.8 Å². The first-order chi connectivity index (χ1) is 8.09. The van der Waals surface area contributed by atoms with E-state index in [1.165, 1.54) is 6.42 Å². The molecule has 0 aromatic heterocycles. The number of hydrogen-bond donors (Lipinski definition) is 1. The number of sulfonamides is 1. The van der Waals surface area contributed by atoms with E-state index in [-0.39, 0.29) is 6.04 Å². The monoisotopic (exact) mass is 253 g/mol. The summed E-state index contributed by atoms with van der Waals surface area (Å²) in [7, 11) is -3.34. The van der Waals surface area contributed by atoms with Crippen molar-refractivity contribution in [3.63, 3.8) is 0 Å². The molecule has 1 saturated carbocycles. The Balaban J connectivity index is 2.12. The highest BCUT2D eigenvalue weighted by atomic mass is 32.2. The van der Waals surface area contributed by atoms with Crippen molar-refractivity contribution in [3.8, 4) is 0 Å². The number of hydrogen-bond acceptors (Lipinski definition) is 2. The smallest absolute Gasteiger partial charge is 0.208 e. The summed E-state index contributed by atoms with van der Waals surface area (Å²) in [5.41, 5.74) is 0. The van der Waals surface area contributed by atoms with Gasteiger partial charge in [0.15, 0.2) is 0 Å². The Labute approximate surface area is 103 Å². The van der Waals surface area contributed by atoms with E-state index >= 15 is 0 Å². The number of rotatable bonds is 3. The standard InChI is InChI=1S/C13H19NO2S/c1-11-7-5-6-10-13(11)14-17(15,16)12-8-3-2-4-9-12/h2-4,8-9,11,13-14H,5-7,10H2,1H3/t11-,13-/m0/s1. The van der Waals surface area contributed by atoms with Gasteiger partial charge in [-0.15, -0.1) is 0 Å². The molecule has 17 heavy (non-hydrogen) atoms. The van der Waals surface area contributed by atoms with Crippen molar-refractivity contribution in [2.24, 2.45) is 5.92 Å². The van der Waals surface area contributed by atoms with Crippen molar-refractivity contribution in [1.29, 1.82) is 0 Å². The van der Waals surface area contributed by atoms with Crippen LogP contribution in [0.15, 0.2) is 35.2 Å². The van der Waals surface area contributed by atoms with Gasteiger partial charge in [0.25, 0.3) is 0 Å². The summed E-state index contributed by atoms with van der Waals surface area (Å²) in [5, 5.41) is 0. The zero-order valence-electron chi connectivity index (χ0n) is 10.1. The van der Waals surface area contributed by atoms with Gasteiger partial charge in [-0.1, -0.05) is 38.0 Å². The van der Waals surface area contributed by atoms with Crippen LogP contribution in [-0.4, -0.2) is 14.5 Å². The van der Waals surface area contributed by atoms with Crippen LogP contribution in [0.4, 0.5) is 0 Å². The summed E-state index contributed by atoms with van der Waals surface area (Å²) in [5.74, 6) is 0.433. The fraction of sp³-hybridized carbons (Fsp3) is 0.538. The van der Waals surface area contributed by atoms with E-state index in [9.17, 15) is 8.42 Å². The summed E-state index contributed by atoms with van der Waals surface area (Å²) in [6, 6.07) is 8.68. The zero-order chi connectivity index (χ0) is 12.3. The lowest BCUT2D eigenvalue weighted by molar-refractivity contribution is 0.310. The molecule has 0 bridgehead atoms. The molecule has 0 heterocycles. The van der Waals surface area contributed by atoms with Crippen LogP contribution in [-0.2, 0) is 10.0 Å². The predicted octanol–water partition coefficient (Wildman–Crippen LogP) is 2.54. The van der Waals surface area contributed by atoms with Crippen molar-refractivity contribution < 1.29 is 8.42 Å². The van der Waals surface area contributed by atoms with Gasteiger partial charge in [0.1, 0.15) is 0 Å². The highest BCUT2D eigenvalue weighted by Gasteiger charge is 2.26. The highest BCUT2D eigenvalue weighted by Crippen LogP contribution is 2.25. The van der Waals surface area contributed by atoms with Gasteiger partial charge in [0.2, 0.25) is 10.0 Å². The normalized spacial score (nSPS) is 25.7. The lowest BCUT2D eigenvalue weighted by atomic mass is 9.87. The lowest BCUT2D eigenvalue weighted by Gasteiger charge is -2.29. The van der Waals surface area contributed by atoms with Gasteiger partial charge in [-0.3, -0.25) is 0 Å². The van der Waals surface area contributed by atoms with Crippen LogP contribution >= 0.6 is 0 Å². The quantitative estimate of drug-likeness (QED) is 0.899. The minimum Gasteiger partial charge on any atom is -0.208 e. The summed E-state index contributed by atoms with van der Waals surface area (Å²) >= 11 is 0. The van der Waals surface area contributed by atoms with E-state index in [0.717, 1.165) is 19.3 Å². The molecule has 0 amide bonds. The van der Waals surface area contributed by atoms with Crippen LogP contribution < -0.4 is 4.72 Å². The van der Waals surface area contributed by atoms with E-state index in [1.54, 1.807) is 24.3 Å². The Bertz CT molecular complexity index is 456. The Morgan fingerprint density at radius 1 is 1.12 bits per heavy atom. The first kappa shape index (κ1) is 12.6. The zero-order valence-corrected chi connectivity index (χ0v) is 10.9. The molecule has 0 radical (unpaired) electrons. The molecule has 1 N–H and O–H groups in total. The van der Waals surface area contributed by atoms with Crippen molar-refractivity contribution >= 4 is 10.0 Å². The molecule has 1 fully saturated rings. The second-order valence-electron chi connectivity index (χ2n) is 4.80. The molecule has 3 nitrogen and oxygen atoms in total. The van der Waals surface area contributed by atoms with Gasteiger partial charge in [-0.2, -0.15) is 0 Å². The van der Waals surface area contributed by atoms with Gasteiger partial charge < -0.3 is 0 Å². The second kappa shape index (κ2) is 5.19. The Morgan fingerprint density at radius 3 is 2.41 bits per heavy atom. The van der Waals surface area contributed by atoms with E-state index in [1.807, 2.05) is 6.07 Å². The SMILES string of the molecule is C[C@H]1CCCC[C@@H]1NS(=O)(=O)c1ccccc1. The lowest BCUT2D eigenvalue weighted by Crippen LogP contribution is -2.40. The van der Waals surface area contributed by atoms with Crippen molar-refractivity contribution in [2.75, 3.05) is 0 Å². The topological polar surface area (TPSA) is 46.2 Å². The third-order valence-electron chi connectivity index (χ3n) is 3.47. The maximum absolute atomic E-state index is 12.1. The molecule has 0 aliphatic heterocycles. The van der Waals surface area contributed by atoms with E-state index < -0.39 is 10.0 Å². The second-order valence-corrected chi connectivity index (χ2v) is 6.52. The van der Waals surface area contributed by atoms with E-state index in [2.05, 4.69) is 11.6 Å². The molecule has 2 rings (SSSR count). The summed E-state index contributed by atoms with van der Waals surface area (Å²) in [4.78, 5) is 0.359. The fourth-order valence-corrected chi connectivity index (χ4v) is 3.76. The largest absolute Gasteiger partial charge is 0.240 e. The fourth-order valence-electron chi connectivity index (χ4n) is 2.36. The molecular weight excluding hydrogens is 234 g/mol. The van der Waals surface area contributed by atoms with Gasteiger partial charge in [0.05, 0.1) is 4.90 Å². The van der Waals surface area contributed by atoms with Crippen LogP contribution in [0.5, 0.6) is 0 Å². The maximum Gasteiger partial charge on any atom is 0.240 e. The van der Waals surface area contributed by atoms with Crippen molar-refractivity contribution in [1.82, 2.24) is 4.72 Å². The Hall–Kier alpha value is -0.870. The average Bonchev–Trinajstić information content (AvgIpc) is 2.33. The van der Waals surface area contributed by atoms with E-state index in [4.69, 9.17) is 0 Å². The predicted molar refractivity (Wildman–Crippen MR) is 68.2 cm³/mol. The van der Waals surface area contributed by atoms with Crippen LogP contribution in [0, 0.1) is 5.92 Å². The minimum absolute atomic E-state index is 0.0916. The molecule has 2 atom stereocenters. The molecule has 94 valence electrons. The number of benzene rings is 1. The average molecular weight is 253 g/mol. The maximum atomic E-state index is 12.1. The van der Waals surface area contributed by atoms with Crippen LogP contribution in [0.1, 0.15) is 32.6 Å². The van der Waals surface area contributed by atoms with Crippen LogP contribution in [0.2, 0.25) is 0 Å². The first-order valence-electron chi connectivity index (χ1n) is 6.17. The summed E-state index contributed by atoms with van der Waals surface area (Å²) in [6.45, 7) is 2.12. The summed E-state index contributed by atoms with van der Waals surface area (Å²) < 4.78 is 27.1. The van der Waals surface area contributed by atoms with Gasteiger partial charge in [-0.25, -0.2) is 13.1 Å². The molecule has 1 aromatic rings. The Morgan fingerprint density at radius 2 is 1.76 bits per heavy atom. The van der Waals surface area contributed by atoms with Gasteiger partial charge in [0, 0.05) is 6.04 Å². The molecule has 4 heteroatoms. The molecule has 0 spiro atoms. The molecule has 1 aliphatic carbocycles. The van der Waals surface area contributed by atoms with Crippen LogP contribution in [0.3, 0.4) is 0 Å².